The first kappa shape index (κ1) is 10.1. The maximum atomic E-state index is 7.35. The maximum Gasteiger partial charge on any atom is 1.00 e. The number of nitrogens with one attached hydrogen (secondary N) is 2. The van der Waals surface area contributed by atoms with Crippen molar-refractivity contribution < 1.29 is 51.4 Å². The Kier molecular flexibility index (Phi) is 3.25. The van der Waals surface area contributed by atoms with Gasteiger partial charge in [0.2, 0.25) is 0 Å². The summed E-state index contributed by atoms with van der Waals surface area (Å²) in [7, 11) is 0. The Morgan fingerprint density at radius 3 is 2.92 bits per heavy atom. The molecule has 2 aromatic heterocycles. The van der Waals surface area contributed by atoms with Crippen LogP contribution in [0.2, 0.25) is 0 Å². The molecule has 56 valence electrons. The average Bonchev–Trinajstić information content (AvgIpc) is 2.45. The minimum atomic E-state index is 0. The van der Waals surface area contributed by atoms with E-state index in [1.807, 2.05) is 13.0 Å². The zero-order valence-corrected chi connectivity index (χ0v) is 10.2. The Balaban J connectivity index is 0.000000720. The minimum Gasteiger partial charge on any atom is -0.481 e. The average molecular weight is 186 g/mol. The van der Waals surface area contributed by atoms with E-state index >= 15 is 0 Å². The number of nitrogens with zero attached hydrogens (tertiary/aromatic N) is 2. The van der Waals surface area contributed by atoms with Crippen LogP contribution >= 0.6 is 0 Å². The second-order valence-electron chi connectivity index (χ2n) is 2.41. The summed E-state index contributed by atoms with van der Waals surface area (Å²) in [5.41, 5.74) is 8.97. The fourth-order valence-corrected chi connectivity index (χ4v) is 1.05. The SMILES string of the molecule is Cc1c([NH-])nnc2[nH]ccc12.[K+]. The van der Waals surface area contributed by atoms with Gasteiger partial charge in [-0.05, 0) is 24.4 Å². The molecule has 5 heteroatoms. The number of aromatic amines is 1. The molecule has 0 aliphatic heterocycles. The molecule has 2 aromatic rings. The van der Waals surface area contributed by atoms with Crippen LogP contribution in [0.15, 0.2) is 12.3 Å². The molecule has 0 unspecified atom stereocenters. The zero-order valence-electron chi connectivity index (χ0n) is 7.05. The summed E-state index contributed by atoms with van der Waals surface area (Å²) in [4.78, 5) is 2.93. The van der Waals surface area contributed by atoms with Crippen molar-refractivity contribution in [3.63, 3.8) is 0 Å². The van der Waals surface area contributed by atoms with Crippen molar-refractivity contribution in [3.05, 3.63) is 23.6 Å². The summed E-state index contributed by atoms with van der Waals surface area (Å²) in [5.74, 6) is 0.247. The van der Waals surface area contributed by atoms with Crippen LogP contribution in [-0.4, -0.2) is 15.2 Å². The summed E-state index contributed by atoms with van der Waals surface area (Å²) >= 11 is 0. The quantitative estimate of drug-likeness (QED) is 0.534. The maximum absolute atomic E-state index is 7.35. The van der Waals surface area contributed by atoms with Crippen LogP contribution in [0.5, 0.6) is 0 Å². The van der Waals surface area contributed by atoms with E-state index in [2.05, 4.69) is 15.2 Å². The van der Waals surface area contributed by atoms with E-state index in [1.54, 1.807) is 6.20 Å². The van der Waals surface area contributed by atoms with Gasteiger partial charge >= 0.3 is 51.4 Å². The first-order chi connectivity index (χ1) is 5.29. The number of fused-ring (bicyclic) bond motifs is 1. The van der Waals surface area contributed by atoms with Crippen LogP contribution in [-0.2, 0) is 0 Å². The van der Waals surface area contributed by atoms with Gasteiger partial charge in [-0.2, -0.15) is 0 Å². The van der Waals surface area contributed by atoms with Crippen molar-refractivity contribution >= 4 is 16.9 Å². The van der Waals surface area contributed by atoms with Gasteiger partial charge in [0.15, 0.2) is 0 Å². The molecule has 0 fully saturated rings. The molecule has 2 rings (SSSR count). The molecule has 0 radical (unpaired) electrons. The third-order valence-electron chi connectivity index (χ3n) is 1.73. The Labute approximate surface area is 112 Å². The molecular formula is C7H7KN4. The molecule has 12 heavy (non-hydrogen) atoms. The monoisotopic (exact) mass is 186 g/mol. The number of rotatable bonds is 0. The number of H-pyrrole nitrogens is 1. The molecule has 2 N–H and O–H groups in total. The largest absolute Gasteiger partial charge is 1.00 e. The number of hydrogen-bond donors (Lipinski definition) is 1. The molecular weight excluding hydrogens is 179 g/mol. The van der Waals surface area contributed by atoms with Crippen molar-refractivity contribution in [1.29, 1.82) is 0 Å². The van der Waals surface area contributed by atoms with Crippen molar-refractivity contribution in [1.82, 2.24) is 15.2 Å². The normalized spacial score (nSPS) is 9.75. The van der Waals surface area contributed by atoms with E-state index in [1.165, 1.54) is 0 Å². The number of aromatic nitrogens is 3. The van der Waals surface area contributed by atoms with Crippen LogP contribution in [0.4, 0.5) is 5.82 Å². The van der Waals surface area contributed by atoms with E-state index < -0.39 is 0 Å². The summed E-state index contributed by atoms with van der Waals surface area (Å²) in [6.07, 6.45) is 1.80. The molecule has 0 aliphatic carbocycles. The minimum absolute atomic E-state index is 0. The molecule has 0 bridgehead atoms. The molecule has 4 nitrogen and oxygen atoms in total. The third kappa shape index (κ3) is 1.55. The van der Waals surface area contributed by atoms with Gasteiger partial charge in [-0.25, -0.2) is 5.10 Å². The second kappa shape index (κ2) is 3.84. The topological polar surface area (TPSA) is 65.4 Å². The summed E-state index contributed by atoms with van der Waals surface area (Å²) < 4.78 is 0. The Bertz CT molecular complexity index is 395. The third-order valence-corrected chi connectivity index (χ3v) is 1.73. The predicted octanol–water partition coefficient (Wildman–Crippen LogP) is -1.05. The molecule has 0 spiro atoms. The van der Waals surface area contributed by atoms with Gasteiger partial charge in [0.1, 0.15) is 5.65 Å². The van der Waals surface area contributed by atoms with Gasteiger partial charge in [0, 0.05) is 11.6 Å². The predicted molar refractivity (Wildman–Crippen MR) is 42.6 cm³/mol. The molecule has 2 heterocycles. The molecule has 0 aliphatic rings. The number of aryl methyl sites for hydroxylation is 1. The van der Waals surface area contributed by atoms with Crippen LogP contribution in [0, 0.1) is 6.92 Å². The van der Waals surface area contributed by atoms with Gasteiger partial charge in [0.05, 0.1) is 0 Å². The Morgan fingerprint density at radius 2 is 2.17 bits per heavy atom. The van der Waals surface area contributed by atoms with Gasteiger partial charge < -0.3 is 15.8 Å². The van der Waals surface area contributed by atoms with Crippen LogP contribution in [0.3, 0.4) is 0 Å². The van der Waals surface area contributed by atoms with E-state index in [-0.39, 0.29) is 57.2 Å². The summed E-state index contributed by atoms with van der Waals surface area (Å²) in [6.45, 7) is 1.87. The van der Waals surface area contributed by atoms with Crippen molar-refractivity contribution in [2.75, 3.05) is 0 Å². The standard InChI is InChI=1S/C7H7N4.K/c1-4-5-2-3-9-7(5)11-10-6(4)8;/h2-3H,1H3,(H2-,8,9,10,11);/q-1;+1. The fourth-order valence-electron chi connectivity index (χ4n) is 1.05. The fraction of sp³-hybridized carbons (Fsp3) is 0.143. The van der Waals surface area contributed by atoms with Crippen molar-refractivity contribution in [2.45, 2.75) is 6.92 Å². The Morgan fingerprint density at radius 1 is 1.42 bits per heavy atom. The van der Waals surface area contributed by atoms with E-state index in [4.69, 9.17) is 5.73 Å². The van der Waals surface area contributed by atoms with E-state index in [0.717, 1.165) is 16.6 Å². The van der Waals surface area contributed by atoms with Crippen LogP contribution < -0.4 is 51.4 Å². The molecule has 0 aromatic carbocycles. The first-order valence-electron chi connectivity index (χ1n) is 3.31. The van der Waals surface area contributed by atoms with Crippen LogP contribution in [0.1, 0.15) is 5.56 Å². The van der Waals surface area contributed by atoms with Gasteiger partial charge in [-0.3, -0.25) is 0 Å². The first-order valence-corrected chi connectivity index (χ1v) is 3.31. The van der Waals surface area contributed by atoms with Gasteiger partial charge in [0.25, 0.3) is 0 Å². The van der Waals surface area contributed by atoms with Crippen molar-refractivity contribution in [2.24, 2.45) is 0 Å². The zero-order chi connectivity index (χ0) is 7.84. The molecule has 0 atom stereocenters. The van der Waals surface area contributed by atoms with Crippen molar-refractivity contribution in [3.8, 4) is 0 Å². The van der Waals surface area contributed by atoms with E-state index in [9.17, 15) is 0 Å². The molecule has 0 amide bonds. The Hall–Kier alpha value is 0.0564. The number of hydrogen-bond acceptors (Lipinski definition) is 2. The second-order valence-corrected chi connectivity index (χ2v) is 2.41. The molecule has 0 saturated heterocycles. The molecule has 0 saturated carbocycles. The smallest absolute Gasteiger partial charge is 0.481 e. The van der Waals surface area contributed by atoms with E-state index in [0.29, 0.717) is 0 Å². The van der Waals surface area contributed by atoms with Crippen LogP contribution in [0.25, 0.3) is 16.8 Å². The van der Waals surface area contributed by atoms with Gasteiger partial charge in [-0.1, -0.05) is 0 Å². The van der Waals surface area contributed by atoms with Gasteiger partial charge in [-0.15, -0.1) is 0 Å². The summed E-state index contributed by atoms with van der Waals surface area (Å²) in [5, 5.41) is 8.45. The summed E-state index contributed by atoms with van der Waals surface area (Å²) in [6, 6.07) is 1.90.